The second-order valence-corrected chi connectivity index (χ2v) is 9.77. The fourth-order valence-corrected chi connectivity index (χ4v) is 4.53. The lowest BCUT2D eigenvalue weighted by Crippen LogP contribution is -2.13. The van der Waals surface area contributed by atoms with Crippen LogP contribution in [-0.2, 0) is 18.0 Å². The number of rotatable bonds is 11. The SMILES string of the molecule is CCOc1cc(/C=C(\C#N)C(=O)Nc2ccc(OCc3ccccc3)cc2)cc(I)c1OCc1cccc(F)c1. The van der Waals surface area contributed by atoms with Crippen LogP contribution in [0.2, 0.25) is 0 Å². The average molecular weight is 648 g/mol. The standard InChI is InChI=1S/C32H26FIN2O4/c1-2-38-30-18-24(17-29(34)31(30)40-21-23-9-6-10-26(33)16-23)15-25(19-35)32(37)36-27-11-13-28(14-12-27)39-20-22-7-4-3-5-8-22/h3-18H,2,20-21H2,1H3,(H,36,37)/b25-15+. The summed E-state index contributed by atoms with van der Waals surface area (Å²) < 4.78 is 31.8. The number of halogens is 2. The predicted molar refractivity (Wildman–Crippen MR) is 160 cm³/mol. The molecule has 0 radical (unpaired) electrons. The van der Waals surface area contributed by atoms with Gasteiger partial charge in [0.1, 0.15) is 36.4 Å². The minimum absolute atomic E-state index is 0.0731. The monoisotopic (exact) mass is 648 g/mol. The number of anilines is 1. The molecule has 0 saturated heterocycles. The van der Waals surface area contributed by atoms with Crippen molar-refractivity contribution in [3.63, 3.8) is 0 Å². The van der Waals surface area contributed by atoms with Gasteiger partial charge in [-0.15, -0.1) is 0 Å². The highest BCUT2D eigenvalue weighted by Gasteiger charge is 2.15. The summed E-state index contributed by atoms with van der Waals surface area (Å²) >= 11 is 2.11. The number of nitriles is 1. The van der Waals surface area contributed by atoms with Crippen LogP contribution in [0.3, 0.4) is 0 Å². The van der Waals surface area contributed by atoms with Crippen LogP contribution in [0.4, 0.5) is 10.1 Å². The quantitative estimate of drug-likeness (QED) is 0.103. The zero-order valence-corrected chi connectivity index (χ0v) is 23.9. The molecule has 0 unspecified atom stereocenters. The molecule has 0 aromatic heterocycles. The Morgan fingerprint density at radius 3 is 2.35 bits per heavy atom. The highest BCUT2D eigenvalue weighted by molar-refractivity contribution is 14.1. The van der Waals surface area contributed by atoms with Crippen LogP contribution in [0.1, 0.15) is 23.6 Å². The first kappa shape index (κ1) is 28.6. The molecular weight excluding hydrogens is 622 g/mol. The van der Waals surface area contributed by atoms with E-state index in [2.05, 4.69) is 27.9 Å². The molecule has 0 fully saturated rings. The molecule has 6 nitrogen and oxygen atoms in total. The van der Waals surface area contributed by atoms with Crippen molar-refractivity contribution in [2.45, 2.75) is 20.1 Å². The Kier molecular flexibility index (Phi) is 10.1. The number of nitrogens with zero attached hydrogens (tertiary/aromatic N) is 1. The molecule has 0 aliphatic heterocycles. The van der Waals surface area contributed by atoms with E-state index in [-0.39, 0.29) is 18.0 Å². The lowest BCUT2D eigenvalue weighted by molar-refractivity contribution is -0.112. The third-order valence-corrected chi connectivity index (χ3v) is 6.44. The molecule has 0 heterocycles. The second-order valence-electron chi connectivity index (χ2n) is 8.60. The third-order valence-electron chi connectivity index (χ3n) is 5.64. The van der Waals surface area contributed by atoms with E-state index >= 15 is 0 Å². The first-order valence-corrected chi connectivity index (χ1v) is 13.6. The van der Waals surface area contributed by atoms with Crippen LogP contribution in [0.15, 0.2) is 96.6 Å². The van der Waals surface area contributed by atoms with Crippen LogP contribution in [-0.4, -0.2) is 12.5 Å². The predicted octanol–water partition coefficient (Wildman–Crippen LogP) is 7.53. The molecule has 40 heavy (non-hydrogen) atoms. The smallest absolute Gasteiger partial charge is 0.266 e. The van der Waals surface area contributed by atoms with Gasteiger partial charge < -0.3 is 19.5 Å². The van der Waals surface area contributed by atoms with Gasteiger partial charge >= 0.3 is 0 Å². The van der Waals surface area contributed by atoms with Crippen molar-refractivity contribution in [2.24, 2.45) is 0 Å². The summed E-state index contributed by atoms with van der Waals surface area (Å²) in [6, 6.07) is 28.4. The minimum atomic E-state index is -0.542. The van der Waals surface area contributed by atoms with E-state index in [1.54, 1.807) is 48.5 Å². The normalized spacial score (nSPS) is 10.9. The van der Waals surface area contributed by atoms with E-state index in [1.807, 2.05) is 43.3 Å². The molecule has 0 aliphatic carbocycles. The summed E-state index contributed by atoms with van der Waals surface area (Å²) in [7, 11) is 0. The average Bonchev–Trinajstić information content (AvgIpc) is 2.96. The summed E-state index contributed by atoms with van der Waals surface area (Å²) in [5.74, 6) is 0.744. The number of amides is 1. The number of benzene rings is 4. The van der Waals surface area contributed by atoms with Crippen molar-refractivity contribution in [2.75, 3.05) is 11.9 Å². The zero-order valence-electron chi connectivity index (χ0n) is 21.7. The molecule has 4 aromatic carbocycles. The van der Waals surface area contributed by atoms with E-state index in [0.29, 0.717) is 47.3 Å². The minimum Gasteiger partial charge on any atom is -0.490 e. The molecule has 0 atom stereocenters. The van der Waals surface area contributed by atoms with E-state index in [4.69, 9.17) is 14.2 Å². The molecule has 0 spiro atoms. The lowest BCUT2D eigenvalue weighted by atomic mass is 10.1. The third kappa shape index (κ3) is 8.07. The van der Waals surface area contributed by atoms with E-state index in [9.17, 15) is 14.4 Å². The van der Waals surface area contributed by atoms with Crippen LogP contribution < -0.4 is 19.5 Å². The Balaban J connectivity index is 1.44. The van der Waals surface area contributed by atoms with Crippen LogP contribution >= 0.6 is 22.6 Å². The maximum atomic E-state index is 13.5. The number of hydrogen-bond donors (Lipinski definition) is 1. The Labute approximate surface area is 246 Å². The van der Waals surface area contributed by atoms with Gasteiger partial charge in [0, 0.05) is 5.69 Å². The van der Waals surface area contributed by atoms with Gasteiger partial charge in [0.15, 0.2) is 11.5 Å². The summed E-state index contributed by atoms with van der Waals surface area (Å²) in [6.07, 6.45) is 1.49. The van der Waals surface area contributed by atoms with Crippen molar-refractivity contribution in [1.29, 1.82) is 5.26 Å². The maximum Gasteiger partial charge on any atom is 0.266 e. The fraction of sp³-hybridized carbons (Fsp3) is 0.125. The van der Waals surface area contributed by atoms with E-state index < -0.39 is 5.91 Å². The number of hydrogen-bond acceptors (Lipinski definition) is 5. The van der Waals surface area contributed by atoms with Crippen LogP contribution in [0.5, 0.6) is 17.2 Å². The second kappa shape index (κ2) is 14.1. The topological polar surface area (TPSA) is 80.6 Å². The first-order valence-electron chi connectivity index (χ1n) is 12.5. The van der Waals surface area contributed by atoms with Gasteiger partial charge in [0.05, 0.1) is 10.2 Å². The van der Waals surface area contributed by atoms with Crippen molar-refractivity contribution < 1.29 is 23.4 Å². The van der Waals surface area contributed by atoms with Gasteiger partial charge in [-0.1, -0.05) is 42.5 Å². The Hall–Kier alpha value is -4.36. The maximum absolute atomic E-state index is 13.5. The number of carbonyl (C=O) groups is 1. The highest BCUT2D eigenvalue weighted by Crippen LogP contribution is 2.35. The number of nitrogens with one attached hydrogen (secondary N) is 1. The van der Waals surface area contributed by atoms with E-state index in [1.165, 1.54) is 18.2 Å². The summed E-state index contributed by atoms with van der Waals surface area (Å²) in [5.41, 5.74) is 2.79. The molecule has 8 heteroatoms. The van der Waals surface area contributed by atoms with Gasteiger partial charge in [0.2, 0.25) is 0 Å². The molecule has 0 aliphatic rings. The summed E-state index contributed by atoms with van der Waals surface area (Å²) in [4.78, 5) is 12.9. The number of ether oxygens (including phenoxy) is 3. The van der Waals surface area contributed by atoms with Crippen molar-refractivity contribution in [1.82, 2.24) is 0 Å². The Morgan fingerprint density at radius 2 is 1.65 bits per heavy atom. The van der Waals surface area contributed by atoms with Gasteiger partial charge in [-0.05, 0) is 101 Å². The van der Waals surface area contributed by atoms with Crippen molar-refractivity contribution >= 4 is 40.3 Å². The van der Waals surface area contributed by atoms with Crippen molar-refractivity contribution in [3.8, 4) is 23.3 Å². The van der Waals surface area contributed by atoms with Gasteiger partial charge in [0.25, 0.3) is 5.91 Å². The van der Waals surface area contributed by atoms with Gasteiger partial charge in [-0.25, -0.2) is 4.39 Å². The molecule has 0 bridgehead atoms. The molecule has 4 rings (SSSR count). The fourth-order valence-electron chi connectivity index (χ4n) is 3.75. The molecule has 202 valence electrons. The highest BCUT2D eigenvalue weighted by atomic mass is 127. The molecule has 4 aromatic rings. The first-order chi connectivity index (χ1) is 19.4. The lowest BCUT2D eigenvalue weighted by Gasteiger charge is -2.15. The van der Waals surface area contributed by atoms with Gasteiger partial charge in [-0.2, -0.15) is 5.26 Å². The Bertz CT molecular complexity index is 1530. The Morgan fingerprint density at radius 1 is 0.925 bits per heavy atom. The van der Waals surface area contributed by atoms with E-state index in [0.717, 1.165) is 9.13 Å². The number of carbonyl (C=O) groups excluding carboxylic acids is 1. The van der Waals surface area contributed by atoms with Gasteiger partial charge in [-0.3, -0.25) is 4.79 Å². The molecule has 1 N–H and O–H groups in total. The molecule has 0 saturated carbocycles. The largest absolute Gasteiger partial charge is 0.490 e. The van der Waals surface area contributed by atoms with Crippen LogP contribution in [0, 0.1) is 20.7 Å². The summed E-state index contributed by atoms with van der Waals surface area (Å²) in [5, 5.41) is 12.4. The van der Waals surface area contributed by atoms with Crippen LogP contribution in [0.25, 0.3) is 6.08 Å². The summed E-state index contributed by atoms with van der Waals surface area (Å²) in [6.45, 7) is 2.82. The zero-order chi connectivity index (χ0) is 28.3. The molecule has 1 amide bonds. The molecular formula is C32H26FIN2O4. The van der Waals surface area contributed by atoms with Crippen molar-refractivity contribution in [3.05, 3.63) is 123 Å².